The monoisotopic (exact) mass is 711 g/mol. The molecule has 9 nitrogen and oxygen atoms in total. The van der Waals surface area contributed by atoms with Gasteiger partial charge < -0.3 is 29.3 Å². The van der Waals surface area contributed by atoms with Crippen molar-refractivity contribution in [2.24, 2.45) is 5.92 Å². The van der Waals surface area contributed by atoms with Crippen molar-refractivity contribution in [2.75, 3.05) is 29.5 Å². The van der Waals surface area contributed by atoms with E-state index in [0.29, 0.717) is 19.5 Å². The number of aliphatic hydroxyl groups is 1. The maximum Gasteiger partial charge on any atom is 0.264 e. The van der Waals surface area contributed by atoms with Crippen molar-refractivity contribution >= 4 is 53.3 Å². The molecule has 2 N–H and O–H groups in total. The Morgan fingerprint density at radius 2 is 1.78 bits per heavy atom. The number of carbonyl (C=O) groups excluding carboxylic acids is 3. The SMILES string of the molecule is C[C@H]1[C@H]([Si](C)(C)O)[C@@H](CC(=O)N2CCC[C@H]2CO)O[C@]12C(=O)N(Cc1ccc(N3CCCCCCC3=O)cc1)c1ccc(Br)cc12. The number of hydrogen-bond acceptors (Lipinski definition) is 6. The highest BCUT2D eigenvalue weighted by molar-refractivity contribution is 9.10. The molecular weight excluding hydrogens is 666 g/mol. The summed E-state index contributed by atoms with van der Waals surface area (Å²) in [6, 6.07) is 13.5. The van der Waals surface area contributed by atoms with E-state index in [1.807, 2.05) is 67.4 Å². The van der Waals surface area contributed by atoms with Gasteiger partial charge in [-0.05, 0) is 74.7 Å². The van der Waals surface area contributed by atoms with Crippen LogP contribution in [0.3, 0.4) is 0 Å². The van der Waals surface area contributed by atoms with E-state index in [4.69, 9.17) is 4.74 Å². The molecule has 0 aromatic heterocycles. The molecule has 3 saturated heterocycles. The summed E-state index contributed by atoms with van der Waals surface area (Å²) in [7, 11) is -2.93. The lowest BCUT2D eigenvalue weighted by Crippen LogP contribution is -2.46. The number of fused-ring (bicyclic) bond motifs is 2. The van der Waals surface area contributed by atoms with E-state index in [1.165, 1.54) is 0 Å². The van der Waals surface area contributed by atoms with E-state index < -0.39 is 20.0 Å². The molecular formula is C35H46BrN3O6Si. The first-order valence-electron chi connectivity index (χ1n) is 16.8. The molecule has 2 aromatic carbocycles. The Morgan fingerprint density at radius 3 is 2.50 bits per heavy atom. The number of hydrogen-bond donors (Lipinski definition) is 2. The van der Waals surface area contributed by atoms with Crippen LogP contribution in [0.5, 0.6) is 0 Å². The number of carbonyl (C=O) groups is 3. The van der Waals surface area contributed by atoms with Crippen LogP contribution in [0, 0.1) is 5.92 Å². The third-order valence-electron chi connectivity index (χ3n) is 10.6. The second kappa shape index (κ2) is 13.1. The predicted molar refractivity (Wildman–Crippen MR) is 183 cm³/mol. The topological polar surface area (TPSA) is 111 Å². The molecule has 1 spiro atoms. The number of amides is 3. The van der Waals surface area contributed by atoms with Crippen molar-refractivity contribution in [1.82, 2.24) is 4.90 Å². The fourth-order valence-corrected chi connectivity index (χ4v) is 11.4. The first-order valence-corrected chi connectivity index (χ1v) is 20.6. The second-order valence-electron chi connectivity index (χ2n) is 14.1. The summed E-state index contributed by atoms with van der Waals surface area (Å²) in [5, 5.41) is 9.84. The van der Waals surface area contributed by atoms with Crippen molar-refractivity contribution in [3.05, 3.63) is 58.1 Å². The number of benzene rings is 2. The van der Waals surface area contributed by atoms with Gasteiger partial charge in [0.05, 0.1) is 37.4 Å². The molecule has 4 heterocycles. The molecule has 0 aliphatic carbocycles. The standard InChI is InChI=1S/C35H46BrN3O6Si/c1-23-33(46(2,3)44)30(20-32(42)38-18-8-9-27(38)22-40)45-35(23)28-19-25(36)13-16-29(28)39(34(35)43)21-24-11-14-26(15-12-24)37-17-7-5-4-6-10-31(37)41/h11-16,19,23,27,30,33,40,44H,4-10,17-18,20-22H2,1-3H3/t23-,27-,30+,33-,35+/m0/s1. The van der Waals surface area contributed by atoms with Crippen molar-refractivity contribution in [2.45, 2.75) is 101 Å². The van der Waals surface area contributed by atoms with Crippen LogP contribution >= 0.6 is 15.9 Å². The van der Waals surface area contributed by atoms with Crippen molar-refractivity contribution in [3.8, 4) is 0 Å². The maximum atomic E-state index is 14.7. The summed E-state index contributed by atoms with van der Waals surface area (Å²) in [5.41, 5.74) is 1.60. The highest BCUT2D eigenvalue weighted by Crippen LogP contribution is 2.60. The van der Waals surface area contributed by atoms with Gasteiger partial charge in [-0.3, -0.25) is 14.4 Å². The molecule has 46 heavy (non-hydrogen) atoms. The number of rotatable bonds is 7. The van der Waals surface area contributed by atoms with Gasteiger partial charge in [-0.25, -0.2) is 0 Å². The Labute approximate surface area is 281 Å². The molecule has 0 bridgehead atoms. The van der Waals surface area contributed by atoms with Crippen LogP contribution in [0.1, 0.15) is 69.4 Å². The first-order chi connectivity index (χ1) is 22.0. The molecule has 5 atom stereocenters. The molecule has 4 aliphatic rings. The average molecular weight is 713 g/mol. The van der Waals surface area contributed by atoms with Crippen LogP contribution in [0.25, 0.3) is 0 Å². The lowest BCUT2D eigenvalue weighted by atomic mass is 9.82. The lowest BCUT2D eigenvalue weighted by Gasteiger charge is -2.33. The molecule has 0 radical (unpaired) electrons. The molecule has 2 aromatic rings. The quantitative estimate of drug-likeness (QED) is 0.369. The van der Waals surface area contributed by atoms with Crippen molar-refractivity contribution in [3.63, 3.8) is 0 Å². The van der Waals surface area contributed by atoms with E-state index in [2.05, 4.69) is 15.9 Å². The van der Waals surface area contributed by atoms with Gasteiger partial charge in [-0.2, -0.15) is 0 Å². The van der Waals surface area contributed by atoms with Gasteiger partial charge in [0.15, 0.2) is 13.9 Å². The van der Waals surface area contributed by atoms with Crippen molar-refractivity contribution in [1.29, 1.82) is 0 Å². The van der Waals surface area contributed by atoms with Crippen LogP contribution in [-0.4, -0.2) is 72.7 Å². The number of anilines is 2. The van der Waals surface area contributed by atoms with E-state index in [1.54, 1.807) is 9.80 Å². The van der Waals surface area contributed by atoms with Crippen LogP contribution in [-0.2, 0) is 31.3 Å². The number of aliphatic hydroxyl groups excluding tert-OH is 1. The van der Waals surface area contributed by atoms with Gasteiger partial charge in [-0.1, -0.05) is 47.8 Å². The van der Waals surface area contributed by atoms with E-state index >= 15 is 0 Å². The smallest absolute Gasteiger partial charge is 0.264 e. The lowest BCUT2D eigenvalue weighted by molar-refractivity contribution is -0.150. The van der Waals surface area contributed by atoms with Crippen LogP contribution in [0.2, 0.25) is 18.6 Å². The maximum absolute atomic E-state index is 14.7. The minimum absolute atomic E-state index is 0.0531. The summed E-state index contributed by atoms with van der Waals surface area (Å²) >= 11 is 3.61. The summed E-state index contributed by atoms with van der Waals surface area (Å²) in [5.74, 6) is -0.520. The third-order valence-corrected chi connectivity index (χ3v) is 13.6. The minimum atomic E-state index is -2.93. The normalized spacial score (nSPS) is 28.6. The van der Waals surface area contributed by atoms with Crippen LogP contribution < -0.4 is 9.80 Å². The molecule has 6 rings (SSSR count). The van der Waals surface area contributed by atoms with Gasteiger partial charge in [-0.15, -0.1) is 0 Å². The number of halogens is 1. The van der Waals surface area contributed by atoms with Gasteiger partial charge in [0.2, 0.25) is 11.8 Å². The Balaban J connectivity index is 1.30. The Kier molecular flexibility index (Phi) is 9.52. The third kappa shape index (κ3) is 5.98. The Morgan fingerprint density at radius 1 is 1.04 bits per heavy atom. The molecule has 248 valence electrons. The second-order valence-corrected chi connectivity index (χ2v) is 18.9. The van der Waals surface area contributed by atoms with E-state index in [-0.39, 0.29) is 48.3 Å². The average Bonchev–Trinajstić information content (AvgIpc) is 3.66. The number of nitrogens with zero attached hydrogens (tertiary/aromatic N) is 3. The fourth-order valence-electron chi connectivity index (χ4n) is 8.45. The predicted octanol–water partition coefficient (Wildman–Crippen LogP) is 5.46. The Bertz CT molecular complexity index is 1480. The molecule has 0 saturated carbocycles. The summed E-state index contributed by atoms with van der Waals surface area (Å²) < 4.78 is 7.68. The van der Waals surface area contributed by atoms with Gasteiger partial charge in [0.1, 0.15) is 0 Å². The molecule has 11 heteroatoms. The zero-order chi connectivity index (χ0) is 32.8. The van der Waals surface area contributed by atoms with Crippen molar-refractivity contribution < 1.29 is 29.0 Å². The van der Waals surface area contributed by atoms with E-state index in [0.717, 1.165) is 72.0 Å². The minimum Gasteiger partial charge on any atom is -0.432 e. The molecule has 4 aliphatic heterocycles. The number of ether oxygens (including phenoxy) is 1. The molecule has 3 fully saturated rings. The summed E-state index contributed by atoms with van der Waals surface area (Å²) in [6.45, 7) is 7.25. The summed E-state index contributed by atoms with van der Waals surface area (Å²) in [4.78, 5) is 58.1. The van der Waals surface area contributed by atoms with Gasteiger partial charge in [0, 0.05) is 46.7 Å². The number of likely N-dealkylation sites (tertiary alicyclic amines) is 1. The zero-order valence-corrected chi connectivity index (χ0v) is 29.7. The molecule has 3 amide bonds. The fraction of sp³-hybridized carbons (Fsp3) is 0.571. The van der Waals surface area contributed by atoms with Crippen LogP contribution in [0.4, 0.5) is 11.4 Å². The highest BCUT2D eigenvalue weighted by Gasteiger charge is 2.66. The van der Waals surface area contributed by atoms with Gasteiger partial charge in [0.25, 0.3) is 5.91 Å². The zero-order valence-electron chi connectivity index (χ0n) is 27.1. The highest BCUT2D eigenvalue weighted by atomic mass is 79.9. The van der Waals surface area contributed by atoms with E-state index in [9.17, 15) is 24.3 Å². The summed E-state index contributed by atoms with van der Waals surface area (Å²) in [6.07, 6.45) is 5.74. The van der Waals surface area contributed by atoms with Crippen LogP contribution in [0.15, 0.2) is 46.9 Å². The largest absolute Gasteiger partial charge is 0.432 e. The molecule has 0 unspecified atom stereocenters. The van der Waals surface area contributed by atoms with Gasteiger partial charge >= 0.3 is 0 Å². The first kappa shape index (κ1) is 33.3. The Hall–Kier alpha value is -2.57.